The molecular formula is C6H11N. The quantitative estimate of drug-likeness (QED) is 0.512. The maximum Gasteiger partial charge on any atom is 0.00722 e. The number of nitrogens with one attached hydrogen (secondary N) is 1. The van der Waals surface area contributed by atoms with Crippen molar-refractivity contribution in [1.82, 2.24) is 5.32 Å². The molecular weight excluding hydrogens is 86.1 g/mol. The molecule has 0 radical (unpaired) electrons. The van der Waals surface area contributed by atoms with Gasteiger partial charge in [-0.2, -0.15) is 0 Å². The van der Waals surface area contributed by atoms with Crippen molar-refractivity contribution in [3.8, 4) is 0 Å². The number of rotatable bonds is 2. The Balaban J connectivity index is 3.49. The fraction of sp³-hybridized carbons (Fsp3) is 0.333. The predicted octanol–water partition coefficient (Wildman–Crippen LogP) is 1.30. The molecule has 0 spiro atoms. The smallest absolute Gasteiger partial charge is 0.00722 e. The minimum Gasteiger partial charge on any atom is -0.392 e. The van der Waals surface area contributed by atoms with Gasteiger partial charge >= 0.3 is 0 Å². The van der Waals surface area contributed by atoms with E-state index in [2.05, 4.69) is 11.9 Å². The van der Waals surface area contributed by atoms with Crippen molar-refractivity contribution >= 4 is 0 Å². The molecule has 0 unspecified atom stereocenters. The summed E-state index contributed by atoms with van der Waals surface area (Å²) in [6.07, 6.45) is 3.67. The van der Waals surface area contributed by atoms with E-state index >= 15 is 0 Å². The second-order valence-corrected chi connectivity index (χ2v) is 1.34. The summed E-state index contributed by atoms with van der Waals surface area (Å²) in [5, 5.41) is 2.96. The van der Waals surface area contributed by atoms with E-state index in [4.69, 9.17) is 0 Å². The highest BCUT2D eigenvalue weighted by molar-refractivity contribution is 5.04. The van der Waals surface area contributed by atoms with Crippen LogP contribution in [-0.4, -0.2) is 7.05 Å². The molecule has 0 aromatic heterocycles. The summed E-state index contributed by atoms with van der Waals surface area (Å²) in [7, 11) is 1.88. The number of allylic oxidation sites excluding steroid dienone is 3. The van der Waals surface area contributed by atoms with Crippen molar-refractivity contribution in [2.24, 2.45) is 0 Å². The third kappa shape index (κ3) is 3.10. The minimum atomic E-state index is 1.13. The fourth-order valence-corrected chi connectivity index (χ4v) is 0.260. The molecule has 40 valence electrons. The van der Waals surface area contributed by atoms with Crippen LogP contribution in [0, 0.1) is 0 Å². The summed E-state index contributed by atoms with van der Waals surface area (Å²) in [5.74, 6) is 0. The Hall–Kier alpha value is -0.720. The lowest BCUT2D eigenvalue weighted by molar-refractivity contribution is 0.991. The van der Waals surface area contributed by atoms with Crippen LogP contribution in [0.15, 0.2) is 24.4 Å². The van der Waals surface area contributed by atoms with E-state index in [1.807, 2.05) is 20.0 Å². The number of hydrogen-bond donors (Lipinski definition) is 1. The maximum absolute atomic E-state index is 3.53. The van der Waals surface area contributed by atoms with Crippen LogP contribution in [0.3, 0.4) is 0 Å². The van der Waals surface area contributed by atoms with E-state index in [0.29, 0.717) is 0 Å². The number of hydrogen-bond acceptors (Lipinski definition) is 1. The van der Waals surface area contributed by atoms with Gasteiger partial charge in [-0.15, -0.1) is 0 Å². The average molecular weight is 97.2 g/mol. The van der Waals surface area contributed by atoms with Crippen LogP contribution in [0.4, 0.5) is 0 Å². The molecule has 0 saturated heterocycles. The van der Waals surface area contributed by atoms with Crippen LogP contribution >= 0.6 is 0 Å². The molecule has 1 N–H and O–H groups in total. The van der Waals surface area contributed by atoms with E-state index < -0.39 is 0 Å². The summed E-state index contributed by atoms with van der Waals surface area (Å²) in [6, 6.07) is 0. The largest absolute Gasteiger partial charge is 0.392 e. The van der Waals surface area contributed by atoms with Crippen molar-refractivity contribution in [3.63, 3.8) is 0 Å². The molecule has 0 aromatic rings. The Morgan fingerprint density at radius 3 is 2.43 bits per heavy atom. The third-order valence-corrected chi connectivity index (χ3v) is 0.762. The van der Waals surface area contributed by atoms with Crippen molar-refractivity contribution in [2.75, 3.05) is 7.05 Å². The molecule has 0 bridgehead atoms. The Kier molecular flexibility index (Phi) is 3.11. The molecule has 0 aliphatic carbocycles. The van der Waals surface area contributed by atoms with Gasteiger partial charge < -0.3 is 5.32 Å². The first kappa shape index (κ1) is 6.28. The Bertz CT molecular complexity index is 82.2. The van der Waals surface area contributed by atoms with Crippen LogP contribution in [0.2, 0.25) is 0 Å². The average Bonchev–Trinajstić information content (AvgIpc) is 1.68. The summed E-state index contributed by atoms with van der Waals surface area (Å²) in [6.45, 7) is 5.52. The summed E-state index contributed by atoms with van der Waals surface area (Å²) in [4.78, 5) is 0. The van der Waals surface area contributed by atoms with Crippen molar-refractivity contribution < 1.29 is 0 Å². The van der Waals surface area contributed by atoms with E-state index in [1.54, 1.807) is 6.08 Å². The van der Waals surface area contributed by atoms with E-state index in [-0.39, 0.29) is 0 Å². The normalized spacial score (nSPS) is 10.9. The molecule has 1 heteroatoms. The molecule has 0 heterocycles. The first-order valence-electron chi connectivity index (χ1n) is 2.28. The maximum atomic E-state index is 3.53. The van der Waals surface area contributed by atoms with Gasteiger partial charge in [-0.1, -0.05) is 12.7 Å². The lowest BCUT2D eigenvalue weighted by Gasteiger charge is -1.92. The van der Waals surface area contributed by atoms with Crippen LogP contribution in [0.1, 0.15) is 6.92 Å². The van der Waals surface area contributed by atoms with Crippen molar-refractivity contribution in [1.29, 1.82) is 0 Å². The topological polar surface area (TPSA) is 12.0 Å². The minimum absolute atomic E-state index is 1.13. The molecule has 0 fully saturated rings. The molecule has 1 nitrogen and oxygen atoms in total. The van der Waals surface area contributed by atoms with Crippen LogP contribution < -0.4 is 5.32 Å². The van der Waals surface area contributed by atoms with Gasteiger partial charge in [0, 0.05) is 12.7 Å². The van der Waals surface area contributed by atoms with E-state index in [0.717, 1.165) is 5.70 Å². The molecule has 0 aromatic carbocycles. The zero-order valence-electron chi connectivity index (χ0n) is 4.86. The zero-order chi connectivity index (χ0) is 5.70. The SMILES string of the molecule is C=C/C=C(/C)NC. The third-order valence-electron chi connectivity index (χ3n) is 0.762. The van der Waals surface area contributed by atoms with Gasteiger partial charge in [-0.3, -0.25) is 0 Å². The van der Waals surface area contributed by atoms with Crippen LogP contribution in [0.5, 0.6) is 0 Å². The lowest BCUT2D eigenvalue weighted by Crippen LogP contribution is -1.99. The van der Waals surface area contributed by atoms with E-state index in [9.17, 15) is 0 Å². The molecule has 0 atom stereocenters. The standard InChI is InChI=1S/C6H11N/c1-4-5-6(2)7-3/h4-5,7H,1H2,2-3H3/b6-5-. The second kappa shape index (κ2) is 3.47. The van der Waals surface area contributed by atoms with Gasteiger partial charge in [-0.25, -0.2) is 0 Å². The van der Waals surface area contributed by atoms with Gasteiger partial charge in [-0.05, 0) is 13.0 Å². The molecule has 0 rings (SSSR count). The van der Waals surface area contributed by atoms with Gasteiger partial charge in [0.05, 0.1) is 0 Å². The predicted molar refractivity (Wildman–Crippen MR) is 33.0 cm³/mol. The van der Waals surface area contributed by atoms with Crippen LogP contribution in [0.25, 0.3) is 0 Å². The highest BCUT2D eigenvalue weighted by Gasteiger charge is 1.71. The molecule has 0 saturated carbocycles. The first-order valence-corrected chi connectivity index (χ1v) is 2.28. The van der Waals surface area contributed by atoms with Crippen molar-refractivity contribution in [3.05, 3.63) is 24.4 Å². The summed E-state index contributed by atoms with van der Waals surface area (Å²) in [5.41, 5.74) is 1.13. The lowest BCUT2D eigenvalue weighted by atomic mass is 10.4. The molecule has 0 aliphatic heterocycles. The first-order chi connectivity index (χ1) is 3.31. The summed E-state index contributed by atoms with van der Waals surface area (Å²) < 4.78 is 0. The zero-order valence-corrected chi connectivity index (χ0v) is 4.86. The van der Waals surface area contributed by atoms with Gasteiger partial charge in [0.25, 0.3) is 0 Å². The Morgan fingerprint density at radius 2 is 2.29 bits per heavy atom. The van der Waals surface area contributed by atoms with Gasteiger partial charge in [0.1, 0.15) is 0 Å². The Labute approximate surface area is 44.7 Å². The molecule has 7 heavy (non-hydrogen) atoms. The highest BCUT2D eigenvalue weighted by Crippen LogP contribution is 1.81. The molecule has 0 aliphatic rings. The van der Waals surface area contributed by atoms with E-state index in [1.165, 1.54) is 0 Å². The second-order valence-electron chi connectivity index (χ2n) is 1.34. The van der Waals surface area contributed by atoms with Gasteiger partial charge in [0.15, 0.2) is 0 Å². The fourth-order valence-electron chi connectivity index (χ4n) is 0.260. The molecule has 0 amide bonds. The highest BCUT2D eigenvalue weighted by atomic mass is 14.8. The Morgan fingerprint density at radius 1 is 1.71 bits per heavy atom. The summed E-state index contributed by atoms with van der Waals surface area (Å²) >= 11 is 0. The van der Waals surface area contributed by atoms with Crippen molar-refractivity contribution in [2.45, 2.75) is 6.92 Å². The monoisotopic (exact) mass is 97.1 g/mol. The van der Waals surface area contributed by atoms with Crippen LogP contribution in [-0.2, 0) is 0 Å². The van der Waals surface area contributed by atoms with Gasteiger partial charge in [0.2, 0.25) is 0 Å².